The fourth-order valence-electron chi connectivity index (χ4n) is 3.30. The Hall–Kier alpha value is -2.59. The number of aromatic nitrogens is 1. The number of hydrogen-bond acceptors (Lipinski definition) is 2. The smallest absolute Gasteiger partial charge is 0.252 e. The van der Waals surface area contributed by atoms with Gasteiger partial charge in [0.05, 0.1) is 16.8 Å². The average Bonchev–Trinajstić information content (AvgIpc) is 2.74. The number of rotatable bonds is 5. The van der Waals surface area contributed by atoms with Crippen molar-refractivity contribution < 1.29 is 4.79 Å². The molecule has 3 nitrogen and oxygen atoms in total. The quantitative estimate of drug-likeness (QED) is 0.358. The summed E-state index contributed by atoms with van der Waals surface area (Å²) in [4.78, 5) is 17.7. The van der Waals surface area contributed by atoms with Crippen LogP contribution in [0.5, 0.6) is 0 Å². The second-order valence-electron chi connectivity index (χ2n) is 6.79. The Morgan fingerprint density at radius 2 is 1.63 bits per heavy atom. The lowest BCUT2D eigenvalue weighted by Gasteiger charge is -2.12. The summed E-state index contributed by atoms with van der Waals surface area (Å²) in [6.45, 7) is 0.443. The van der Waals surface area contributed by atoms with Crippen LogP contribution in [0.3, 0.4) is 0 Å². The van der Waals surface area contributed by atoms with Gasteiger partial charge in [0.2, 0.25) is 0 Å². The van der Waals surface area contributed by atoms with Crippen LogP contribution in [0.2, 0.25) is 15.1 Å². The molecule has 0 radical (unpaired) electrons. The Labute approximate surface area is 189 Å². The van der Waals surface area contributed by atoms with Crippen LogP contribution in [0.4, 0.5) is 0 Å². The van der Waals surface area contributed by atoms with E-state index in [1.165, 1.54) is 0 Å². The molecule has 0 saturated carbocycles. The summed E-state index contributed by atoms with van der Waals surface area (Å²) < 4.78 is 0. The lowest BCUT2D eigenvalue weighted by molar-refractivity contribution is 0.0955. The van der Waals surface area contributed by atoms with E-state index in [4.69, 9.17) is 39.8 Å². The molecule has 1 heterocycles. The van der Waals surface area contributed by atoms with Crippen LogP contribution < -0.4 is 5.32 Å². The first-order valence-corrected chi connectivity index (χ1v) is 10.5. The maximum atomic E-state index is 13.0. The molecular formula is C24H17Cl3N2O. The summed E-state index contributed by atoms with van der Waals surface area (Å²) in [6.07, 6.45) is 0.599. The molecule has 0 aliphatic heterocycles. The van der Waals surface area contributed by atoms with Crippen molar-refractivity contribution in [1.29, 1.82) is 0 Å². The van der Waals surface area contributed by atoms with Gasteiger partial charge in [-0.2, -0.15) is 0 Å². The normalized spacial score (nSPS) is 10.9. The summed E-state index contributed by atoms with van der Waals surface area (Å²) in [5.74, 6) is -0.174. The van der Waals surface area contributed by atoms with Crippen LogP contribution in [-0.4, -0.2) is 17.4 Å². The van der Waals surface area contributed by atoms with Gasteiger partial charge in [-0.1, -0.05) is 77.3 Å². The number of carbonyl (C=O) groups excluding carboxylic acids is 1. The highest BCUT2D eigenvalue weighted by molar-refractivity contribution is 6.35. The number of fused-ring (bicyclic) bond motifs is 1. The first-order chi connectivity index (χ1) is 14.5. The first kappa shape index (κ1) is 20.7. The number of pyridine rings is 1. The molecule has 30 heavy (non-hydrogen) atoms. The van der Waals surface area contributed by atoms with Gasteiger partial charge in [0.1, 0.15) is 0 Å². The van der Waals surface area contributed by atoms with E-state index in [9.17, 15) is 4.79 Å². The van der Waals surface area contributed by atoms with Crippen molar-refractivity contribution >= 4 is 51.6 Å². The second kappa shape index (κ2) is 9.05. The van der Waals surface area contributed by atoms with E-state index in [-0.39, 0.29) is 5.91 Å². The monoisotopic (exact) mass is 454 g/mol. The molecule has 0 spiro atoms. The van der Waals surface area contributed by atoms with Crippen molar-refractivity contribution in [3.63, 3.8) is 0 Å². The number of para-hydroxylation sites is 1. The number of benzene rings is 3. The maximum Gasteiger partial charge on any atom is 0.252 e. The third-order valence-corrected chi connectivity index (χ3v) is 5.72. The molecule has 0 bridgehead atoms. The molecule has 0 fully saturated rings. The Kier molecular flexibility index (Phi) is 6.24. The van der Waals surface area contributed by atoms with Gasteiger partial charge in [0, 0.05) is 32.6 Å². The molecule has 150 valence electrons. The molecule has 1 aromatic heterocycles. The molecule has 0 saturated heterocycles. The number of hydrogen-bond donors (Lipinski definition) is 1. The zero-order valence-electron chi connectivity index (χ0n) is 15.8. The van der Waals surface area contributed by atoms with Crippen molar-refractivity contribution in [3.8, 4) is 11.3 Å². The van der Waals surface area contributed by atoms with Gasteiger partial charge < -0.3 is 5.32 Å². The zero-order chi connectivity index (χ0) is 21.1. The van der Waals surface area contributed by atoms with Crippen LogP contribution >= 0.6 is 34.8 Å². The molecule has 3 aromatic carbocycles. The minimum Gasteiger partial charge on any atom is -0.352 e. The molecule has 4 rings (SSSR count). The van der Waals surface area contributed by atoms with Crippen LogP contribution in [0.1, 0.15) is 15.9 Å². The van der Waals surface area contributed by atoms with E-state index in [2.05, 4.69) is 5.32 Å². The van der Waals surface area contributed by atoms with E-state index in [0.29, 0.717) is 39.3 Å². The van der Waals surface area contributed by atoms with Gasteiger partial charge in [-0.05, 0) is 42.3 Å². The Balaban J connectivity index is 1.62. The Morgan fingerprint density at radius 1 is 0.867 bits per heavy atom. The molecule has 0 aliphatic carbocycles. The van der Waals surface area contributed by atoms with Crippen LogP contribution in [0.15, 0.2) is 72.8 Å². The number of carbonyl (C=O) groups is 1. The standard InChI is InChI=1S/C24H17Cl3N2O/c25-16-10-9-15(21(27)13-16)11-12-28-24(30)19-14-23(18-6-1-3-7-20(18)26)29-22-8-4-2-5-17(19)22/h1-10,13-14H,11-12H2,(H,28,30). The predicted octanol–water partition coefficient (Wildman–Crippen LogP) is 6.83. The van der Waals surface area contributed by atoms with Crippen molar-refractivity contribution in [3.05, 3.63) is 99.0 Å². The summed E-state index contributed by atoms with van der Waals surface area (Å²) in [5, 5.41) is 5.53. The van der Waals surface area contributed by atoms with E-state index in [0.717, 1.165) is 22.0 Å². The molecule has 6 heteroatoms. The van der Waals surface area contributed by atoms with E-state index in [1.807, 2.05) is 54.6 Å². The van der Waals surface area contributed by atoms with Gasteiger partial charge in [-0.15, -0.1) is 0 Å². The van der Waals surface area contributed by atoms with E-state index >= 15 is 0 Å². The van der Waals surface area contributed by atoms with Crippen LogP contribution in [-0.2, 0) is 6.42 Å². The molecule has 1 N–H and O–H groups in total. The minimum absolute atomic E-state index is 0.174. The predicted molar refractivity (Wildman–Crippen MR) is 125 cm³/mol. The summed E-state index contributed by atoms with van der Waals surface area (Å²) >= 11 is 18.5. The summed E-state index contributed by atoms with van der Waals surface area (Å²) in [7, 11) is 0. The van der Waals surface area contributed by atoms with Crippen molar-refractivity contribution in [2.75, 3.05) is 6.54 Å². The van der Waals surface area contributed by atoms with Gasteiger partial charge in [0.25, 0.3) is 5.91 Å². The number of nitrogens with one attached hydrogen (secondary N) is 1. The Bertz CT molecular complexity index is 1240. The van der Waals surface area contributed by atoms with Crippen LogP contribution in [0.25, 0.3) is 22.2 Å². The highest BCUT2D eigenvalue weighted by Crippen LogP contribution is 2.29. The highest BCUT2D eigenvalue weighted by atomic mass is 35.5. The van der Waals surface area contributed by atoms with Gasteiger partial charge in [0.15, 0.2) is 0 Å². The summed E-state index contributed by atoms with van der Waals surface area (Å²) in [6, 6.07) is 22.2. The maximum absolute atomic E-state index is 13.0. The topological polar surface area (TPSA) is 42.0 Å². The number of halogens is 3. The first-order valence-electron chi connectivity index (χ1n) is 9.40. The van der Waals surface area contributed by atoms with Gasteiger partial charge in [-0.25, -0.2) is 4.98 Å². The van der Waals surface area contributed by atoms with Crippen molar-refractivity contribution in [2.24, 2.45) is 0 Å². The number of amides is 1. The average molecular weight is 456 g/mol. The SMILES string of the molecule is O=C(NCCc1ccc(Cl)cc1Cl)c1cc(-c2ccccc2Cl)nc2ccccc12. The highest BCUT2D eigenvalue weighted by Gasteiger charge is 2.15. The summed E-state index contributed by atoms with van der Waals surface area (Å²) in [5.41, 5.74) is 3.66. The van der Waals surface area contributed by atoms with E-state index < -0.39 is 0 Å². The largest absolute Gasteiger partial charge is 0.352 e. The molecule has 0 atom stereocenters. The molecule has 1 amide bonds. The van der Waals surface area contributed by atoms with Gasteiger partial charge in [-0.3, -0.25) is 4.79 Å². The third-order valence-electron chi connectivity index (χ3n) is 4.81. The third kappa shape index (κ3) is 4.44. The van der Waals surface area contributed by atoms with Crippen molar-refractivity contribution in [1.82, 2.24) is 10.3 Å². The number of nitrogens with zero attached hydrogens (tertiary/aromatic N) is 1. The molecular weight excluding hydrogens is 439 g/mol. The second-order valence-corrected chi connectivity index (χ2v) is 8.04. The fraction of sp³-hybridized carbons (Fsp3) is 0.0833. The minimum atomic E-state index is -0.174. The molecule has 4 aromatic rings. The fourth-order valence-corrected chi connectivity index (χ4v) is 4.04. The lowest BCUT2D eigenvalue weighted by Crippen LogP contribution is -2.26. The van der Waals surface area contributed by atoms with E-state index in [1.54, 1.807) is 18.2 Å². The molecule has 0 aliphatic rings. The van der Waals surface area contributed by atoms with Crippen molar-refractivity contribution in [2.45, 2.75) is 6.42 Å². The van der Waals surface area contributed by atoms with Gasteiger partial charge >= 0.3 is 0 Å². The molecule has 0 unspecified atom stereocenters. The zero-order valence-corrected chi connectivity index (χ0v) is 18.1. The Morgan fingerprint density at radius 3 is 2.43 bits per heavy atom. The lowest BCUT2D eigenvalue weighted by atomic mass is 10.0. The van der Waals surface area contributed by atoms with Crippen LogP contribution in [0, 0.1) is 0 Å².